The predicted molar refractivity (Wildman–Crippen MR) is 90.3 cm³/mol. The van der Waals surface area contributed by atoms with Gasteiger partial charge in [0.15, 0.2) is 9.84 Å². The minimum atomic E-state index is -3.69. The van der Waals surface area contributed by atoms with Crippen LogP contribution in [0.2, 0.25) is 0 Å². The number of rotatable bonds is 6. The number of nitrogens with one attached hydrogen (secondary N) is 1. The van der Waals surface area contributed by atoms with Gasteiger partial charge in [0.05, 0.1) is 11.2 Å². The lowest BCUT2D eigenvalue weighted by Crippen LogP contribution is -2.32. The molecule has 128 valence electrons. The van der Waals surface area contributed by atoms with Crippen molar-refractivity contribution in [2.24, 2.45) is 5.92 Å². The molecule has 0 saturated heterocycles. The number of benzene rings is 1. The SMILES string of the molecule is Cc1ccc(C)c(S(=O)(=O)[C@H](CNC(=O)C2CC2)c2ccco2)c1. The van der Waals surface area contributed by atoms with Crippen molar-refractivity contribution < 1.29 is 17.6 Å². The van der Waals surface area contributed by atoms with E-state index in [1.165, 1.54) is 6.26 Å². The summed E-state index contributed by atoms with van der Waals surface area (Å²) in [4.78, 5) is 12.2. The number of sulfone groups is 1. The van der Waals surface area contributed by atoms with Crippen LogP contribution in [0.15, 0.2) is 45.9 Å². The Bertz CT molecular complexity index is 836. The first-order chi connectivity index (χ1) is 11.4. The fourth-order valence-corrected chi connectivity index (χ4v) is 4.60. The molecule has 1 amide bonds. The van der Waals surface area contributed by atoms with E-state index in [-0.39, 0.29) is 23.3 Å². The summed E-state index contributed by atoms with van der Waals surface area (Å²) in [5.74, 6) is 0.292. The molecular weight excluding hydrogens is 326 g/mol. The van der Waals surface area contributed by atoms with E-state index in [1.54, 1.807) is 31.2 Å². The first-order valence-electron chi connectivity index (χ1n) is 8.02. The maximum atomic E-state index is 13.2. The van der Waals surface area contributed by atoms with Gasteiger partial charge in [0.1, 0.15) is 11.0 Å². The van der Waals surface area contributed by atoms with Gasteiger partial charge >= 0.3 is 0 Å². The molecule has 1 saturated carbocycles. The molecule has 1 N–H and O–H groups in total. The summed E-state index contributed by atoms with van der Waals surface area (Å²) >= 11 is 0. The molecule has 6 heteroatoms. The van der Waals surface area contributed by atoms with Gasteiger partial charge in [0, 0.05) is 12.5 Å². The fraction of sp³-hybridized carbons (Fsp3) is 0.389. The maximum absolute atomic E-state index is 13.2. The zero-order valence-corrected chi connectivity index (χ0v) is 14.6. The molecule has 1 aliphatic carbocycles. The van der Waals surface area contributed by atoms with E-state index >= 15 is 0 Å². The fourth-order valence-electron chi connectivity index (χ4n) is 2.69. The van der Waals surface area contributed by atoms with Crippen LogP contribution in [0.3, 0.4) is 0 Å². The second kappa shape index (κ2) is 6.43. The molecule has 1 aromatic heterocycles. The van der Waals surface area contributed by atoms with Gasteiger partial charge < -0.3 is 9.73 Å². The predicted octanol–water partition coefficient (Wildman–Crippen LogP) is 2.94. The molecule has 24 heavy (non-hydrogen) atoms. The van der Waals surface area contributed by atoms with Crippen molar-refractivity contribution in [3.63, 3.8) is 0 Å². The summed E-state index contributed by atoms with van der Waals surface area (Å²) in [7, 11) is -3.69. The number of hydrogen-bond donors (Lipinski definition) is 1. The van der Waals surface area contributed by atoms with Gasteiger partial charge in [-0.1, -0.05) is 12.1 Å². The molecule has 1 heterocycles. The highest BCUT2D eigenvalue weighted by Gasteiger charge is 2.35. The van der Waals surface area contributed by atoms with E-state index < -0.39 is 15.1 Å². The van der Waals surface area contributed by atoms with Gasteiger partial charge in [-0.2, -0.15) is 0 Å². The first-order valence-corrected chi connectivity index (χ1v) is 9.56. The Morgan fingerprint density at radius 2 is 2.04 bits per heavy atom. The molecule has 3 rings (SSSR count). The lowest BCUT2D eigenvalue weighted by atomic mass is 10.2. The lowest BCUT2D eigenvalue weighted by Gasteiger charge is -2.18. The number of furan rings is 1. The van der Waals surface area contributed by atoms with Gasteiger partial charge in [-0.15, -0.1) is 0 Å². The zero-order chi connectivity index (χ0) is 17.3. The minimum Gasteiger partial charge on any atom is -0.468 e. The Balaban J connectivity index is 1.94. The molecule has 2 aromatic rings. The van der Waals surface area contributed by atoms with E-state index in [0.717, 1.165) is 18.4 Å². The van der Waals surface area contributed by atoms with Crippen molar-refractivity contribution in [3.05, 3.63) is 53.5 Å². The summed E-state index contributed by atoms with van der Waals surface area (Å²) in [6.45, 7) is 3.64. The highest BCUT2D eigenvalue weighted by molar-refractivity contribution is 7.91. The molecule has 0 unspecified atom stereocenters. The Labute approximate surface area is 142 Å². The van der Waals surface area contributed by atoms with Crippen LogP contribution in [0.25, 0.3) is 0 Å². The van der Waals surface area contributed by atoms with Crippen molar-refractivity contribution in [3.8, 4) is 0 Å². The average molecular weight is 347 g/mol. The van der Waals surface area contributed by atoms with Crippen LogP contribution in [0.5, 0.6) is 0 Å². The standard InChI is InChI=1S/C18H21NO4S/c1-12-5-6-13(2)16(10-12)24(21,22)17(15-4-3-9-23-15)11-19-18(20)14-7-8-14/h3-6,9-10,14,17H,7-8,11H2,1-2H3,(H,19,20)/t17-/m1/s1. The third kappa shape index (κ3) is 3.38. The second-order valence-corrected chi connectivity index (χ2v) is 8.44. The second-order valence-electron chi connectivity index (χ2n) is 6.34. The molecule has 1 aromatic carbocycles. The van der Waals surface area contributed by atoms with E-state index in [2.05, 4.69) is 5.32 Å². The molecule has 0 radical (unpaired) electrons. The zero-order valence-electron chi connectivity index (χ0n) is 13.8. The first kappa shape index (κ1) is 16.8. The molecule has 1 aliphatic rings. The van der Waals surface area contributed by atoms with Gasteiger partial charge in [0.25, 0.3) is 0 Å². The smallest absolute Gasteiger partial charge is 0.223 e. The van der Waals surface area contributed by atoms with Crippen molar-refractivity contribution >= 4 is 15.7 Å². The van der Waals surface area contributed by atoms with E-state index in [1.807, 2.05) is 13.0 Å². The monoisotopic (exact) mass is 347 g/mol. The third-order valence-electron chi connectivity index (χ3n) is 4.30. The highest BCUT2D eigenvalue weighted by Crippen LogP contribution is 2.32. The topological polar surface area (TPSA) is 76.4 Å². The number of carbonyl (C=O) groups excluding carboxylic acids is 1. The van der Waals surface area contributed by atoms with Crippen LogP contribution < -0.4 is 5.32 Å². The summed E-state index contributed by atoms with van der Waals surface area (Å²) in [6, 6.07) is 8.64. The molecule has 5 nitrogen and oxygen atoms in total. The summed E-state index contributed by atoms with van der Waals surface area (Å²) in [6.07, 6.45) is 3.20. The van der Waals surface area contributed by atoms with Crippen molar-refractivity contribution in [2.45, 2.75) is 36.8 Å². The quantitative estimate of drug-likeness (QED) is 0.872. The molecule has 0 aliphatic heterocycles. The van der Waals surface area contributed by atoms with Crippen molar-refractivity contribution in [1.82, 2.24) is 5.32 Å². The van der Waals surface area contributed by atoms with Crippen LogP contribution in [0, 0.1) is 19.8 Å². The average Bonchev–Trinajstić information content (AvgIpc) is 3.26. The lowest BCUT2D eigenvalue weighted by molar-refractivity contribution is -0.122. The largest absolute Gasteiger partial charge is 0.468 e. The third-order valence-corrected chi connectivity index (χ3v) is 6.50. The van der Waals surface area contributed by atoms with Crippen molar-refractivity contribution in [2.75, 3.05) is 6.54 Å². The number of amides is 1. The van der Waals surface area contributed by atoms with Crippen LogP contribution in [-0.2, 0) is 14.6 Å². The van der Waals surface area contributed by atoms with Crippen LogP contribution in [-0.4, -0.2) is 20.9 Å². The van der Waals surface area contributed by atoms with Crippen LogP contribution in [0.4, 0.5) is 0 Å². The number of hydrogen-bond acceptors (Lipinski definition) is 4. The van der Waals surface area contributed by atoms with Crippen LogP contribution in [0.1, 0.15) is 35.0 Å². The van der Waals surface area contributed by atoms with Gasteiger partial charge in [-0.25, -0.2) is 8.42 Å². The molecule has 1 fully saturated rings. The minimum absolute atomic E-state index is 0.0125. The number of carbonyl (C=O) groups is 1. The van der Waals surface area contributed by atoms with E-state index in [0.29, 0.717) is 11.3 Å². The Morgan fingerprint density at radius 3 is 2.67 bits per heavy atom. The molecule has 0 bridgehead atoms. The van der Waals surface area contributed by atoms with Gasteiger partial charge in [-0.3, -0.25) is 4.79 Å². The van der Waals surface area contributed by atoms with Crippen molar-refractivity contribution in [1.29, 1.82) is 0 Å². The maximum Gasteiger partial charge on any atom is 0.223 e. The van der Waals surface area contributed by atoms with Gasteiger partial charge in [-0.05, 0) is 56.0 Å². The molecular formula is C18H21NO4S. The highest BCUT2D eigenvalue weighted by atomic mass is 32.2. The molecule has 1 atom stereocenters. The van der Waals surface area contributed by atoms with Gasteiger partial charge in [0.2, 0.25) is 5.91 Å². The Kier molecular flexibility index (Phi) is 4.49. The van der Waals surface area contributed by atoms with E-state index in [9.17, 15) is 13.2 Å². The number of aryl methyl sites for hydroxylation is 2. The Morgan fingerprint density at radius 1 is 1.29 bits per heavy atom. The summed E-state index contributed by atoms with van der Waals surface area (Å²) < 4.78 is 31.7. The molecule has 0 spiro atoms. The summed E-state index contributed by atoms with van der Waals surface area (Å²) in [5, 5.41) is 1.83. The Hall–Kier alpha value is -2.08. The van der Waals surface area contributed by atoms with E-state index in [4.69, 9.17) is 4.42 Å². The van der Waals surface area contributed by atoms with Crippen LogP contribution >= 0.6 is 0 Å². The summed E-state index contributed by atoms with van der Waals surface area (Å²) in [5.41, 5.74) is 1.56. The normalized spacial score (nSPS) is 15.9.